The van der Waals surface area contributed by atoms with E-state index in [1.165, 1.54) is 21.8 Å². The van der Waals surface area contributed by atoms with Gasteiger partial charge in [-0.05, 0) is 61.2 Å². The van der Waals surface area contributed by atoms with Gasteiger partial charge in [0.2, 0.25) is 0 Å². The summed E-state index contributed by atoms with van der Waals surface area (Å²) in [5, 5.41) is 7.13. The van der Waals surface area contributed by atoms with Crippen molar-refractivity contribution in [2.45, 2.75) is 12.8 Å². The molecule has 0 radical (unpaired) electrons. The predicted molar refractivity (Wildman–Crippen MR) is 135 cm³/mol. The summed E-state index contributed by atoms with van der Waals surface area (Å²) in [5.41, 5.74) is 1.38. The van der Waals surface area contributed by atoms with Crippen molar-refractivity contribution in [2.24, 2.45) is 5.29 Å². The molecule has 170 valence electrons. The first kappa shape index (κ1) is 21.6. The molecule has 2 aromatic heterocycles. The van der Waals surface area contributed by atoms with Crippen molar-refractivity contribution in [2.75, 3.05) is 44.2 Å². The van der Waals surface area contributed by atoms with Crippen LogP contribution in [0.5, 0.6) is 5.75 Å². The average Bonchev–Trinajstić information content (AvgIpc) is 3.33. The first-order valence-electron chi connectivity index (χ1n) is 11.3. The summed E-state index contributed by atoms with van der Waals surface area (Å²) in [6, 6.07) is 17.2. The standard InChI is InChI=1S/C25H26N4O3S/c30-25-9-7-19-6-8-20(18-23(19)29(25)26-31)32-16-2-1-11-27-12-14-28(15-13-27)22-4-3-5-24-21(22)10-17-33-24/h3-10,17-18H,1-2,11-16H2. The van der Waals surface area contributed by atoms with E-state index in [0.29, 0.717) is 17.9 Å². The van der Waals surface area contributed by atoms with Crippen molar-refractivity contribution in [1.29, 1.82) is 0 Å². The number of benzene rings is 2. The van der Waals surface area contributed by atoms with E-state index in [4.69, 9.17) is 4.74 Å². The summed E-state index contributed by atoms with van der Waals surface area (Å²) < 4.78 is 8.08. The lowest BCUT2D eigenvalue weighted by molar-refractivity contribution is 0.239. The van der Waals surface area contributed by atoms with Crippen molar-refractivity contribution in [3.8, 4) is 5.75 Å². The van der Waals surface area contributed by atoms with Gasteiger partial charge in [-0.3, -0.25) is 9.69 Å². The summed E-state index contributed by atoms with van der Waals surface area (Å²) >= 11 is 1.80. The number of hydrogen-bond acceptors (Lipinski definition) is 7. The minimum absolute atomic E-state index is 0.443. The summed E-state index contributed by atoms with van der Waals surface area (Å²) in [6.45, 7) is 5.90. The number of nitroso groups, excluding NO2 is 1. The number of rotatable bonds is 8. The molecule has 1 aliphatic rings. The number of aromatic nitrogens is 1. The Bertz CT molecular complexity index is 1320. The zero-order valence-corrected chi connectivity index (χ0v) is 19.2. The maximum absolute atomic E-state index is 11.8. The quantitative estimate of drug-likeness (QED) is 0.280. The lowest BCUT2D eigenvalue weighted by atomic mass is 10.2. The number of anilines is 1. The molecule has 8 heteroatoms. The van der Waals surface area contributed by atoms with Gasteiger partial charge in [-0.1, -0.05) is 6.07 Å². The van der Waals surface area contributed by atoms with Gasteiger partial charge in [0.15, 0.2) is 0 Å². The molecule has 1 aliphatic heterocycles. The molecule has 4 aromatic rings. The molecule has 33 heavy (non-hydrogen) atoms. The predicted octanol–water partition coefficient (Wildman–Crippen LogP) is 4.73. The molecule has 0 unspecified atom stereocenters. The van der Waals surface area contributed by atoms with Crippen LogP contribution in [0.15, 0.2) is 70.1 Å². The molecule has 1 fully saturated rings. The van der Waals surface area contributed by atoms with Crippen molar-refractivity contribution >= 4 is 38.0 Å². The zero-order chi connectivity index (χ0) is 22.6. The molecule has 7 nitrogen and oxygen atoms in total. The maximum Gasteiger partial charge on any atom is 0.274 e. The molecule has 0 aliphatic carbocycles. The summed E-state index contributed by atoms with van der Waals surface area (Å²) in [4.78, 5) is 27.8. The molecule has 0 N–H and O–H groups in total. The summed E-state index contributed by atoms with van der Waals surface area (Å²) in [6.07, 6.45) is 2.01. The van der Waals surface area contributed by atoms with Gasteiger partial charge >= 0.3 is 0 Å². The SMILES string of the molecule is O=Nn1c(=O)ccc2ccc(OCCCCN3CCN(c4cccc5sccc45)CC3)cc21. The van der Waals surface area contributed by atoms with Crippen LogP contribution in [0.3, 0.4) is 0 Å². The van der Waals surface area contributed by atoms with Crippen molar-refractivity contribution < 1.29 is 4.74 Å². The second-order valence-corrected chi connectivity index (χ2v) is 9.23. The third-order valence-electron chi connectivity index (χ3n) is 6.25. The van der Waals surface area contributed by atoms with Gasteiger partial charge in [0.25, 0.3) is 5.56 Å². The zero-order valence-electron chi connectivity index (χ0n) is 18.4. The highest BCUT2D eigenvalue weighted by molar-refractivity contribution is 7.17. The van der Waals surface area contributed by atoms with Crippen molar-refractivity contribution in [3.63, 3.8) is 0 Å². The van der Waals surface area contributed by atoms with Crippen LogP contribution in [0.4, 0.5) is 5.69 Å². The Morgan fingerprint density at radius 2 is 1.82 bits per heavy atom. The Morgan fingerprint density at radius 1 is 0.970 bits per heavy atom. The van der Waals surface area contributed by atoms with Gasteiger partial charge in [0.05, 0.1) is 17.4 Å². The number of nitrogens with zero attached hydrogens (tertiary/aromatic N) is 4. The average molecular weight is 463 g/mol. The maximum atomic E-state index is 11.8. The van der Waals surface area contributed by atoms with Crippen LogP contribution in [0, 0.1) is 4.91 Å². The topological polar surface area (TPSA) is 67.1 Å². The highest BCUT2D eigenvalue weighted by Crippen LogP contribution is 2.31. The Morgan fingerprint density at radius 3 is 2.67 bits per heavy atom. The van der Waals surface area contributed by atoms with Crippen molar-refractivity contribution in [3.05, 3.63) is 75.2 Å². The van der Waals surface area contributed by atoms with Crippen molar-refractivity contribution in [1.82, 2.24) is 9.58 Å². The molecule has 0 bridgehead atoms. The molecule has 0 atom stereocenters. The number of unbranched alkanes of at least 4 members (excludes halogenated alkanes) is 1. The second kappa shape index (κ2) is 9.72. The van der Waals surface area contributed by atoms with Gasteiger partial charge in [0, 0.05) is 59.5 Å². The highest BCUT2D eigenvalue weighted by atomic mass is 32.1. The van der Waals surface area contributed by atoms with E-state index in [9.17, 15) is 9.70 Å². The van der Waals surface area contributed by atoms with E-state index >= 15 is 0 Å². The summed E-state index contributed by atoms with van der Waals surface area (Å²) in [7, 11) is 0. The molecule has 2 aromatic carbocycles. The van der Waals surface area contributed by atoms with E-state index in [-0.39, 0.29) is 0 Å². The molecular weight excluding hydrogens is 436 g/mol. The number of pyridine rings is 1. The van der Waals surface area contributed by atoms with Gasteiger partial charge in [-0.25, -0.2) is 0 Å². The molecule has 5 rings (SSSR count). The fourth-order valence-corrected chi connectivity index (χ4v) is 5.27. The van der Waals surface area contributed by atoms with E-state index in [0.717, 1.165) is 55.6 Å². The van der Waals surface area contributed by atoms with Crippen LogP contribution < -0.4 is 15.2 Å². The Balaban J connectivity index is 1.08. The van der Waals surface area contributed by atoms with Crippen LogP contribution in [0.1, 0.15) is 12.8 Å². The van der Waals surface area contributed by atoms with Gasteiger partial charge in [-0.2, -0.15) is 4.68 Å². The molecule has 0 saturated carbocycles. The lowest BCUT2D eigenvalue weighted by Crippen LogP contribution is -2.46. The first-order valence-corrected chi connectivity index (χ1v) is 12.2. The molecule has 0 amide bonds. The third kappa shape index (κ3) is 4.62. The number of hydrogen-bond donors (Lipinski definition) is 0. The largest absolute Gasteiger partial charge is 0.494 e. The minimum Gasteiger partial charge on any atom is -0.494 e. The number of ether oxygens (including phenoxy) is 1. The van der Waals surface area contributed by atoms with E-state index < -0.39 is 5.56 Å². The summed E-state index contributed by atoms with van der Waals surface area (Å²) in [5.74, 6) is 0.640. The Labute approximate surface area is 195 Å². The van der Waals surface area contributed by atoms with Gasteiger partial charge in [0.1, 0.15) is 5.75 Å². The van der Waals surface area contributed by atoms with Gasteiger partial charge in [-0.15, -0.1) is 16.2 Å². The fraction of sp³-hybridized carbons (Fsp3) is 0.320. The second-order valence-electron chi connectivity index (χ2n) is 8.28. The van der Waals surface area contributed by atoms with Crippen LogP contribution in [-0.2, 0) is 0 Å². The first-order chi connectivity index (χ1) is 16.2. The number of fused-ring (bicyclic) bond motifs is 2. The molecular formula is C25H26N4O3S. The van der Waals surface area contributed by atoms with Gasteiger partial charge < -0.3 is 9.64 Å². The molecule has 0 spiro atoms. The van der Waals surface area contributed by atoms with Crippen LogP contribution in [0.2, 0.25) is 0 Å². The van der Waals surface area contributed by atoms with Crippen LogP contribution >= 0.6 is 11.3 Å². The fourth-order valence-electron chi connectivity index (χ4n) is 4.47. The van der Waals surface area contributed by atoms with E-state index in [1.807, 2.05) is 12.1 Å². The monoisotopic (exact) mass is 462 g/mol. The number of piperazine rings is 1. The lowest BCUT2D eigenvalue weighted by Gasteiger charge is -2.36. The Kier molecular flexibility index (Phi) is 6.37. The molecule has 3 heterocycles. The van der Waals surface area contributed by atoms with Crippen LogP contribution in [-0.4, -0.2) is 48.9 Å². The smallest absolute Gasteiger partial charge is 0.274 e. The number of thiophene rings is 1. The third-order valence-corrected chi connectivity index (χ3v) is 7.13. The van der Waals surface area contributed by atoms with E-state index in [1.54, 1.807) is 23.5 Å². The van der Waals surface area contributed by atoms with Crippen LogP contribution in [0.25, 0.3) is 21.0 Å². The minimum atomic E-state index is -0.443. The normalized spacial score (nSPS) is 14.7. The Hall–Kier alpha value is -3.23. The molecule has 1 saturated heterocycles. The van der Waals surface area contributed by atoms with E-state index in [2.05, 4.69) is 44.7 Å². The highest BCUT2D eigenvalue weighted by Gasteiger charge is 2.18.